The Bertz CT molecular complexity index is 1380. The summed E-state index contributed by atoms with van der Waals surface area (Å²) in [6, 6.07) is 20.7. The van der Waals surface area contributed by atoms with Crippen LogP contribution in [0.15, 0.2) is 72.9 Å². The highest BCUT2D eigenvalue weighted by Gasteiger charge is 2.13. The second-order valence-electron chi connectivity index (χ2n) is 8.20. The number of ether oxygens (including phenoxy) is 4. The number of rotatable bonds is 11. The molecule has 3 aromatic carbocycles. The number of Topliss-reactive ketones (excluding diaryl/α,β-unsaturated/α-hetero) is 1. The third-order valence-electron chi connectivity index (χ3n) is 5.73. The van der Waals surface area contributed by atoms with Gasteiger partial charge in [-0.2, -0.15) is 0 Å². The van der Waals surface area contributed by atoms with E-state index in [-0.39, 0.29) is 12.2 Å². The quantitative estimate of drug-likeness (QED) is 0.228. The normalized spacial score (nSPS) is 10.6. The number of thiocarbonyl (C=S) groups is 1. The van der Waals surface area contributed by atoms with Crippen LogP contribution in [0.2, 0.25) is 0 Å². The van der Waals surface area contributed by atoms with E-state index in [0.717, 1.165) is 22.0 Å². The minimum absolute atomic E-state index is 0.0704. The van der Waals surface area contributed by atoms with Gasteiger partial charge >= 0.3 is 0 Å². The first-order valence-corrected chi connectivity index (χ1v) is 11.8. The van der Waals surface area contributed by atoms with Gasteiger partial charge in [-0.25, -0.2) is 0 Å². The summed E-state index contributed by atoms with van der Waals surface area (Å²) in [5.41, 5.74) is 2.63. The number of hydrogen-bond acceptors (Lipinski definition) is 7. The van der Waals surface area contributed by atoms with Crippen LogP contribution in [-0.2, 0) is 17.6 Å². The summed E-state index contributed by atoms with van der Waals surface area (Å²) in [7, 11) is 4.79. The number of methoxy groups -OCH3 is 3. The van der Waals surface area contributed by atoms with Crippen LogP contribution in [-0.4, -0.2) is 37.0 Å². The Kier molecular flexibility index (Phi) is 8.13. The Morgan fingerprint density at radius 1 is 0.806 bits per heavy atom. The van der Waals surface area contributed by atoms with Crippen LogP contribution in [0.3, 0.4) is 0 Å². The predicted octanol–water partition coefficient (Wildman–Crippen LogP) is 6.17. The van der Waals surface area contributed by atoms with Crippen molar-refractivity contribution in [3.05, 3.63) is 84.1 Å². The van der Waals surface area contributed by atoms with E-state index in [0.29, 0.717) is 46.5 Å². The third kappa shape index (κ3) is 5.98. The number of nitrogens with zero attached hydrogens (tertiary/aromatic N) is 1. The molecular formula is C29H27NO5S. The van der Waals surface area contributed by atoms with Crippen LogP contribution in [0.1, 0.15) is 17.5 Å². The largest absolute Gasteiger partial charge is 0.496 e. The highest BCUT2D eigenvalue weighted by Crippen LogP contribution is 2.36. The number of hydrogen-bond donors (Lipinski definition) is 0. The highest BCUT2D eigenvalue weighted by molar-refractivity contribution is 7.80. The van der Waals surface area contributed by atoms with Crippen molar-refractivity contribution < 1.29 is 23.7 Å². The number of fused-ring (bicyclic) bond motifs is 1. The molecule has 0 bridgehead atoms. The Morgan fingerprint density at radius 3 is 2.22 bits per heavy atom. The molecule has 0 atom stereocenters. The van der Waals surface area contributed by atoms with E-state index in [1.165, 1.54) is 0 Å². The summed E-state index contributed by atoms with van der Waals surface area (Å²) in [4.78, 5) is 17.7. The maximum absolute atomic E-state index is 12.5. The zero-order valence-corrected chi connectivity index (χ0v) is 21.3. The SMILES string of the molecule is COc1ccccc1CC(=O)CC(=S)Cc1ccc(Oc2ccnc3cc(OC)c(OC)cc23)cc1. The van der Waals surface area contributed by atoms with Crippen LogP contribution < -0.4 is 18.9 Å². The second kappa shape index (κ2) is 11.6. The smallest absolute Gasteiger partial charge is 0.162 e. The predicted molar refractivity (Wildman–Crippen MR) is 144 cm³/mol. The lowest BCUT2D eigenvalue weighted by atomic mass is 10.0. The lowest BCUT2D eigenvalue weighted by Gasteiger charge is -2.12. The van der Waals surface area contributed by atoms with Gasteiger partial charge in [0, 0.05) is 47.3 Å². The Morgan fingerprint density at radius 2 is 1.50 bits per heavy atom. The molecule has 7 heteroatoms. The summed E-state index contributed by atoms with van der Waals surface area (Å²) in [5, 5.41) is 0.814. The molecule has 0 N–H and O–H groups in total. The van der Waals surface area contributed by atoms with Gasteiger partial charge in [-0.3, -0.25) is 9.78 Å². The molecule has 0 radical (unpaired) electrons. The molecule has 0 aliphatic rings. The minimum atomic E-state index is 0.0704. The number of carbonyl (C=O) groups excluding carboxylic acids is 1. The maximum atomic E-state index is 12.5. The van der Waals surface area contributed by atoms with Crippen molar-refractivity contribution in [2.75, 3.05) is 21.3 Å². The standard InChI is InChI=1S/C29H27NO5S/c1-32-26-7-5-4-6-20(26)15-21(31)16-23(36)14-19-8-10-22(11-9-19)35-27-12-13-30-25-18-29(34-3)28(33-2)17-24(25)27/h4-13,17-18H,14-16H2,1-3H3. The number of ketones is 1. The first-order chi connectivity index (χ1) is 17.5. The summed E-state index contributed by atoms with van der Waals surface area (Å²) < 4.78 is 22.3. The average molecular weight is 502 g/mol. The zero-order chi connectivity index (χ0) is 25.5. The van der Waals surface area contributed by atoms with E-state index in [1.54, 1.807) is 27.5 Å². The molecule has 0 unspecified atom stereocenters. The summed E-state index contributed by atoms with van der Waals surface area (Å²) in [5.74, 6) is 3.33. The van der Waals surface area contributed by atoms with Crippen molar-refractivity contribution in [1.82, 2.24) is 4.98 Å². The molecule has 0 spiro atoms. The average Bonchev–Trinajstić information content (AvgIpc) is 2.89. The van der Waals surface area contributed by atoms with Crippen LogP contribution in [0.25, 0.3) is 10.9 Å². The Labute approximate surface area is 215 Å². The van der Waals surface area contributed by atoms with Crippen molar-refractivity contribution in [3.63, 3.8) is 0 Å². The van der Waals surface area contributed by atoms with Gasteiger partial charge in [0.25, 0.3) is 0 Å². The van der Waals surface area contributed by atoms with E-state index >= 15 is 0 Å². The van der Waals surface area contributed by atoms with Gasteiger partial charge in [-0.1, -0.05) is 42.5 Å². The lowest BCUT2D eigenvalue weighted by Crippen LogP contribution is -2.11. The summed E-state index contributed by atoms with van der Waals surface area (Å²) in [6.45, 7) is 0. The van der Waals surface area contributed by atoms with E-state index in [2.05, 4.69) is 4.98 Å². The third-order valence-corrected chi connectivity index (χ3v) is 6.02. The van der Waals surface area contributed by atoms with Crippen LogP contribution >= 0.6 is 12.2 Å². The molecule has 0 saturated carbocycles. The van der Waals surface area contributed by atoms with Gasteiger partial charge in [0.05, 0.1) is 26.8 Å². The highest BCUT2D eigenvalue weighted by atomic mass is 32.1. The fourth-order valence-electron chi connectivity index (χ4n) is 3.97. The van der Waals surface area contributed by atoms with E-state index in [4.69, 9.17) is 31.2 Å². The molecule has 36 heavy (non-hydrogen) atoms. The Hall–Kier alpha value is -3.97. The molecule has 0 aliphatic carbocycles. The lowest BCUT2D eigenvalue weighted by molar-refractivity contribution is -0.117. The van der Waals surface area contributed by atoms with Crippen molar-refractivity contribution in [2.45, 2.75) is 19.3 Å². The van der Waals surface area contributed by atoms with E-state index in [1.807, 2.05) is 66.7 Å². The van der Waals surface area contributed by atoms with Gasteiger partial charge in [-0.15, -0.1) is 0 Å². The monoisotopic (exact) mass is 501 g/mol. The van der Waals surface area contributed by atoms with Gasteiger partial charge in [0.15, 0.2) is 11.5 Å². The number of carbonyl (C=O) groups is 1. The molecule has 0 aliphatic heterocycles. The number of para-hydroxylation sites is 1. The van der Waals surface area contributed by atoms with Crippen LogP contribution in [0.4, 0.5) is 0 Å². The molecule has 4 rings (SSSR count). The first-order valence-electron chi connectivity index (χ1n) is 11.4. The summed E-state index contributed by atoms with van der Waals surface area (Å²) >= 11 is 5.51. The second-order valence-corrected chi connectivity index (χ2v) is 8.78. The molecule has 1 heterocycles. The summed E-state index contributed by atoms with van der Waals surface area (Å²) in [6.07, 6.45) is 2.79. The maximum Gasteiger partial charge on any atom is 0.162 e. The topological polar surface area (TPSA) is 66.9 Å². The van der Waals surface area contributed by atoms with E-state index < -0.39 is 0 Å². The van der Waals surface area contributed by atoms with Gasteiger partial charge < -0.3 is 18.9 Å². The van der Waals surface area contributed by atoms with E-state index in [9.17, 15) is 4.79 Å². The molecular weight excluding hydrogens is 474 g/mol. The molecule has 6 nitrogen and oxygen atoms in total. The first kappa shape index (κ1) is 25.1. The molecule has 0 fully saturated rings. The fraction of sp³-hybridized carbons (Fsp3) is 0.207. The van der Waals surface area contributed by atoms with Crippen molar-refractivity contribution >= 4 is 33.8 Å². The van der Waals surface area contributed by atoms with Gasteiger partial charge in [0.1, 0.15) is 23.0 Å². The van der Waals surface area contributed by atoms with Crippen molar-refractivity contribution in [1.29, 1.82) is 0 Å². The van der Waals surface area contributed by atoms with Crippen LogP contribution in [0.5, 0.6) is 28.7 Å². The zero-order valence-electron chi connectivity index (χ0n) is 20.4. The fourth-order valence-corrected chi connectivity index (χ4v) is 4.30. The molecule has 184 valence electrons. The molecule has 0 saturated heterocycles. The van der Waals surface area contributed by atoms with Gasteiger partial charge in [-0.05, 0) is 35.9 Å². The molecule has 1 aromatic heterocycles. The Balaban J connectivity index is 1.39. The number of aromatic nitrogens is 1. The van der Waals surface area contributed by atoms with Crippen LogP contribution in [0, 0.1) is 0 Å². The minimum Gasteiger partial charge on any atom is -0.496 e. The van der Waals surface area contributed by atoms with Crippen molar-refractivity contribution in [2.24, 2.45) is 0 Å². The number of benzene rings is 3. The van der Waals surface area contributed by atoms with Gasteiger partial charge in [0.2, 0.25) is 0 Å². The number of pyridine rings is 1. The molecule has 0 amide bonds. The van der Waals surface area contributed by atoms with Crippen molar-refractivity contribution in [3.8, 4) is 28.7 Å². The molecule has 4 aromatic rings.